The van der Waals surface area contributed by atoms with E-state index in [1.54, 1.807) is 28.4 Å². The summed E-state index contributed by atoms with van der Waals surface area (Å²) in [6.45, 7) is 6.34. The molecule has 0 N–H and O–H groups in total. The van der Waals surface area contributed by atoms with E-state index >= 15 is 0 Å². The molecule has 42 heavy (non-hydrogen) atoms. The second kappa shape index (κ2) is 15.5. The van der Waals surface area contributed by atoms with Gasteiger partial charge >= 0.3 is 11.9 Å². The zero-order valence-corrected chi connectivity index (χ0v) is 26.1. The number of hydrogen-bond donors (Lipinski definition) is 0. The van der Waals surface area contributed by atoms with E-state index in [4.69, 9.17) is 28.4 Å². The van der Waals surface area contributed by atoms with Crippen LogP contribution in [-0.2, 0) is 31.9 Å². The lowest BCUT2D eigenvalue weighted by Gasteiger charge is -2.46. The van der Waals surface area contributed by atoms with Gasteiger partial charge in [-0.05, 0) is 48.2 Å². The fraction of sp³-hybridized carbons (Fsp3) is 0.515. The second-order valence-electron chi connectivity index (χ2n) is 10.8. The number of unbranched alkanes of at least 4 members (excludes halogenated alkanes) is 1. The highest BCUT2D eigenvalue weighted by molar-refractivity contribution is 5.91. The van der Waals surface area contributed by atoms with E-state index in [9.17, 15) is 9.59 Å². The van der Waals surface area contributed by atoms with Gasteiger partial charge in [0.1, 0.15) is 6.04 Å². The summed E-state index contributed by atoms with van der Waals surface area (Å²) in [6, 6.07) is 8.51. The van der Waals surface area contributed by atoms with Gasteiger partial charge in [-0.2, -0.15) is 0 Å². The molecule has 2 aromatic carbocycles. The molecule has 0 saturated carbocycles. The highest BCUT2D eigenvalue weighted by atomic mass is 16.5. The van der Waals surface area contributed by atoms with Crippen molar-refractivity contribution in [2.45, 2.75) is 52.0 Å². The molecule has 0 amide bonds. The van der Waals surface area contributed by atoms with Crippen LogP contribution in [-0.4, -0.2) is 78.2 Å². The van der Waals surface area contributed by atoms with E-state index in [0.29, 0.717) is 24.5 Å². The highest BCUT2D eigenvalue weighted by Crippen LogP contribution is 2.43. The minimum absolute atomic E-state index is 0.111. The normalized spacial score (nSPS) is 17.8. The zero-order chi connectivity index (χ0) is 30.7. The predicted octanol–water partition coefficient (Wildman–Crippen LogP) is 5.15. The number of nitrogens with zero attached hydrogens (tertiary/aromatic N) is 1. The standard InChI is InChI=1S/C33H46NO8/c1-8-9-16-41-31(35)11-12-32(36)42-17-10-14-34(3)15-13-25-21-28(37-4)29(38-5)22-26(25)27(34)19-24-18-23(2)33(40-7)30(20-24)39-6/h11-12,18,20-22,27H,8-10,13-17,19H2,1-7H3/q+1/b12-11+/t27?,34-/m1/s1. The highest BCUT2D eigenvalue weighted by Gasteiger charge is 2.40. The summed E-state index contributed by atoms with van der Waals surface area (Å²) < 4.78 is 33.7. The summed E-state index contributed by atoms with van der Waals surface area (Å²) in [7, 11) is 8.87. The van der Waals surface area contributed by atoms with Crippen LogP contribution >= 0.6 is 0 Å². The maximum atomic E-state index is 12.2. The smallest absolute Gasteiger partial charge is 0.331 e. The number of benzene rings is 2. The van der Waals surface area contributed by atoms with Gasteiger partial charge in [-0.15, -0.1) is 0 Å². The fourth-order valence-corrected chi connectivity index (χ4v) is 5.64. The molecule has 2 atom stereocenters. The number of ether oxygens (including phenoxy) is 6. The van der Waals surface area contributed by atoms with E-state index in [1.807, 2.05) is 19.9 Å². The van der Waals surface area contributed by atoms with Gasteiger partial charge in [0.2, 0.25) is 0 Å². The van der Waals surface area contributed by atoms with Gasteiger partial charge in [0.05, 0.1) is 61.8 Å². The van der Waals surface area contributed by atoms with Crippen LogP contribution in [0.4, 0.5) is 0 Å². The number of aryl methyl sites for hydroxylation is 1. The number of esters is 2. The van der Waals surface area contributed by atoms with Crippen LogP contribution in [0.2, 0.25) is 0 Å². The van der Waals surface area contributed by atoms with Crippen LogP contribution in [0.15, 0.2) is 36.4 Å². The first-order chi connectivity index (χ1) is 20.2. The molecule has 230 valence electrons. The topological polar surface area (TPSA) is 89.5 Å². The molecule has 0 spiro atoms. The van der Waals surface area contributed by atoms with Gasteiger partial charge in [0.15, 0.2) is 23.0 Å². The number of rotatable bonds is 15. The molecule has 9 heteroatoms. The van der Waals surface area contributed by atoms with Crippen LogP contribution in [0.1, 0.15) is 54.5 Å². The van der Waals surface area contributed by atoms with Gasteiger partial charge in [-0.25, -0.2) is 9.59 Å². The number of fused-ring (bicyclic) bond motifs is 1. The van der Waals surface area contributed by atoms with Crippen LogP contribution in [0, 0.1) is 6.92 Å². The Bertz CT molecular complexity index is 1260. The van der Waals surface area contributed by atoms with Crippen molar-refractivity contribution < 1.29 is 42.5 Å². The molecule has 1 unspecified atom stereocenters. The summed E-state index contributed by atoms with van der Waals surface area (Å²) in [6.07, 6.45) is 6.29. The third-order valence-corrected chi connectivity index (χ3v) is 7.96. The Hall–Kier alpha value is -3.72. The summed E-state index contributed by atoms with van der Waals surface area (Å²) in [4.78, 5) is 23.9. The largest absolute Gasteiger partial charge is 0.493 e. The Morgan fingerprint density at radius 2 is 1.48 bits per heavy atom. The third kappa shape index (κ3) is 8.18. The molecule has 0 aromatic heterocycles. The number of quaternary nitrogens is 1. The third-order valence-electron chi connectivity index (χ3n) is 7.96. The Kier molecular flexibility index (Phi) is 12.1. The molecule has 1 aliphatic heterocycles. The average Bonchev–Trinajstić information content (AvgIpc) is 2.99. The first-order valence-corrected chi connectivity index (χ1v) is 14.5. The molecular weight excluding hydrogens is 538 g/mol. The molecule has 2 aromatic rings. The summed E-state index contributed by atoms with van der Waals surface area (Å²) in [5, 5.41) is 0. The molecule has 1 heterocycles. The zero-order valence-electron chi connectivity index (χ0n) is 26.1. The maximum Gasteiger partial charge on any atom is 0.331 e. The fourth-order valence-electron chi connectivity index (χ4n) is 5.64. The Morgan fingerprint density at radius 3 is 2.07 bits per heavy atom. The molecule has 0 aliphatic carbocycles. The number of hydrogen-bond acceptors (Lipinski definition) is 8. The number of carbonyl (C=O) groups is 2. The lowest BCUT2D eigenvalue weighted by atomic mass is 9.85. The molecule has 3 rings (SSSR count). The predicted molar refractivity (Wildman–Crippen MR) is 160 cm³/mol. The van der Waals surface area contributed by atoms with Crippen molar-refractivity contribution in [1.29, 1.82) is 0 Å². The van der Waals surface area contributed by atoms with Gasteiger partial charge in [0.25, 0.3) is 0 Å². The van der Waals surface area contributed by atoms with Crippen molar-refractivity contribution in [3.8, 4) is 23.0 Å². The van der Waals surface area contributed by atoms with Crippen LogP contribution in [0.5, 0.6) is 23.0 Å². The number of methoxy groups -OCH3 is 4. The van der Waals surface area contributed by atoms with Gasteiger partial charge < -0.3 is 32.9 Å². The molecular formula is C33H46NO8+. The van der Waals surface area contributed by atoms with Crippen molar-refractivity contribution in [3.63, 3.8) is 0 Å². The van der Waals surface area contributed by atoms with Crippen molar-refractivity contribution in [3.05, 3.63) is 58.7 Å². The van der Waals surface area contributed by atoms with Crippen molar-refractivity contribution in [2.75, 3.05) is 61.8 Å². The van der Waals surface area contributed by atoms with Crippen LogP contribution in [0.25, 0.3) is 0 Å². The minimum atomic E-state index is -0.553. The summed E-state index contributed by atoms with van der Waals surface area (Å²) in [5.74, 6) is 1.78. The average molecular weight is 585 g/mol. The van der Waals surface area contributed by atoms with Crippen molar-refractivity contribution in [1.82, 2.24) is 0 Å². The van der Waals surface area contributed by atoms with Gasteiger partial charge in [-0.3, -0.25) is 0 Å². The Balaban J connectivity index is 1.79. The van der Waals surface area contributed by atoms with Gasteiger partial charge in [-0.1, -0.05) is 19.4 Å². The molecule has 1 aliphatic rings. The minimum Gasteiger partial charge on any atom is -0.493 e. The monoisotopic (exact) mass is 584 g/mol. The lowest BCUT2D eigenvalue weighted by molar-refractivity contribution is -0.941. The van der Waals surface area contributed by atoms with E-state index in [0.717, 1.165) is 78.0 Å². The summed E-state index contributed by atoms with van der Waals surface area (Å²) >= 11 is 0. The van der Waals surface area contributed by atoms with Crippen LogP contribution < -0.4 is 18.9 Å². The van der Waals surface area contributed by atoms with Crippen molar-refractivity contribution in [2.24, 2.45) is 0 Å². The lowest BCUT2D eigenvalue weighted by Crippen LogP contribution is -2.52. The number of carbonyl (C=O) groups excluding carboxylic acids is 2. The van der Waals surface area contributed by atoms with E-state index in [1.165, 1.54) is 11.1 Å². The van der Waals surface area contributed by atoms with Gasteiger partial charge in [0, 0.05) is 37.0 Å². The molecule has 0 fully saturated rings. The molecule has 0 radical (unpaired) electrons. The molecule has 0 saturated heterocycles. The van der Waals surface area contributed by atoms with Crippen LogP contribution in [0.3, 0.4) is 0 Å². The molecule has 9 nitrogen and oxygen atoms in total. The second-order valence-corrected chi connectivity index (χ2v) is 10.8. The van der Waals surface area contributed by atoms with Crippen molar-refractivity contribution >= 4 is 11.9 Å². The SMILES string of the molecule is CCCCOC(=O)/C=C/C(=O)OCCC[N@+]1(C)CCc2cc(OC)c(OC)cc2C1Cc1cc(C)c(OC)c(OC)c1. The van der Waals surface area contributed by atoms with E-state index in [-0.39, 0.29) is 12.6 Å². The quantitative estimate of drug-likeness (QED) is 0.123. The van der Waals surface area contributed by atoms with E-state index < -0.39 is 11.9 Å². The maximum absolute atomic E-state index is 12.2. The molecule has 0 bridgehead atoms. The Morgan fingerprint density at radius 1 is 0.857 bits per heavy atom. The Labute approximate surface area is 249 Å². The number of likely N-dealkylation sites (N-methyl/N-ethyl adjacent to an activating group) is 1. The first kappa shape index (κ1) is 32.8. The first-order valence-electron chi connectivity index (χ1n) is 14.5. The summed E-state index contributed by atoms with van der Waals surface area (Å²) in [5.41, 5.74) is 4.62. The van der Waals surface area contributed by atoms with E-state index in [2.05, 4.69) is 25.2 Å².